The molecule has 0 fully saturated rings. The minimum atomic E-state index is -0.530. The molecule has 2 aromatic heterocycles. The van der Waals surface area contributed by atoms with Crippen molar-refractivity contribution in [1.29, 1.82) is 0 Å². The number of amides is 1. The number of aryl methyl sites for hydroxylation is 2. The van der Waals surface area contributed by atoms with Gasteiger partial charge in [0.15, 0.2) is 0 Å². The van der Waals surface area contributed by atoms with E-state index in [4.69, 9.17) is 16.3 Å². The van der Waals surface area contributed by atoms with Crippen molar-refractivity contribution in [3.8, 4) is 11.1 Å². The number of para-hydroxylation sites is 1. The third-order valence-electron chi connectivity index (χ3n) is 5.52. The molecule has 4 aromatic rings. The largest absolute Gasteiger partial charge is 0.462 e. The molecule has 1 N–H and O–H groups in total. The van der Waals surface area contributed by atoms with Gasteiger partial charge in [-0.1, -0.05) is 41.9 Å². The maximum Gasteiger partial charge on any atom is 0.341 e. The fourth-order valence-electron chi connectivity index (χ4n) is 3.95. The highest BCUT2D eigenvalue weighted by Gasteiger charge is 2.23. The van der Waals surface area contributed by atoms with Gasteiger partial charge in [-0.2, -0.15) is 0 Å². The van der Waals surface area contributed by atoms with Crippen molar-refractivity contribution in [3.05, 3.63) is 86.0 Å². The number of nitrogens with zero attached hydrogens (tertiary/aromatic N) is 1. The zero-order chi connectivity index (χ0) is 24.4. The first-order chi connectivity index (χ1) is 16.3. The van der Waals surface area contributed by atoms with E-state index in [-0.39, 0.29) is 24.3 Å². The van der Waals surface area contributed by atoms with Crippen LogP contribution in [0.3, 0.4) is 0 Å². The summed E-state index contributed by atoms with van der Waals surface area (Å²) in [6.07, 6.45) is 0. The molecule has 0 radical (unpaired) electrons. The number of thiophene rings is 1. The first-order valence-corrected chi connectivity index (χ1v) is 12.0. The highest BCUT2D eigenvalue weighted by atomic mass is 35.5. The van der Waals surface area contributed by atoms with E-state index in [9.17, 15) is 14.4 Å². The molecule has 0 aliphatic rings. The molecule has 4 rings (SSSR count). The molecule has 0 spiro atoms. The van der Waals surface area contributed by atoms with E-state index in [0.29, 0.717) is 15.6 Å². The molecule has 0 saturated carbocycles. The standard InChI is InChI=1S/C26H23ClN2O4S/c1-4-33-26(32)23-20(17-8-10-18(27)11-9-17)14-34-25(23)28-21(30)13-29-22(31)12-16(3)19-7-5-6-15(2)24(19)29/h5-12,14H,4,13H2,1-3H3,(H,28,30). The van der Waals surface area contributed by atoms with Crippen LogP contribution in [0.4, 0.5) is 5.00 Å². The van der Waals surface area contributed by atoms with Crippen LogP contribution < -0.4 is 10.9 Å². The smallest absolute Gasteiger partial charge is 0.341 e. The van der Waals surface area contributed by atoms with Gasteiger partial charge in [0, 0.05) is 27.4 Å². The van der Waals surface area contributed by atoms with Gasteiger partial charge in [0.1, 0.15) is 17.1 Å². The summed E-state index contributed by atoms with van der Waals surface area (Å²) in [5.41, 5.74) is 3.93. The van der Waals surface area contributed by atoms with Crippen LogP contribution >= 0.6 is 22.9 Å². The van der Waals surface area contributed by atoms with Crippen LogP contribution in [0.15, 0.2) is 58.7 Å². The number of nitrogens with one attached hydrogen (secondary N) is 1. The van der Waals surface area contributed by atoms with Crippen LogP contribution in [0.25, 0.3) is 22.0 Å². The summed E-state index contributed by atoms with van der Waals surface area (Å²) in [6, 6.07) is 14.4. The van der Waals surface area contributed by atoms with Crippen molar-refractivity contribution < 1.29 is 14.3 Å². The molecule has 6 nitrogen and oxygen atoms in total. The molecule has 34 heavy (non-hydrogen) atoms. The molecular formula is C26H23ClN2O4S. The number of esters is 1. The van der Waals surface area contributed by atoms with Gasteiger partial charge >= 0.3 is 5.97 Å². The Hall–Kier alpha value is -3.42. The SMILES string of the molecule is CCOC(=O)c1c(-c2ccc(Cl)cc2)csc1NC(=O)Cn1c(=O)cc(C)c2cccc(C)c21. The Bertz CT molecular complexity index is 1450. The summed E-state index contributed by atoms with van der Waals surface area (Å²) in [7, 11) is 0. The predicted octanol–water partition coefficient (Wildman–Crippen LogP) is 5.82. The number of benzene rings is 2. The van der Waals surface area contributed by atoms with Crippen molar-refractivity contribution in [3.63, 3.8) is 0 Å². The van der Waals surface area contributed by atoms with Crippen LogP contribution in [-0.2, 0) is 16.1 Å². The lowest BCUT2D eigenvalue weighted by atomic mass is 10.0. The molecule has 2 heterocycles. The first-order valence-electron chi connectivity index (χ1n) is 10.7. The maximum atomic E-state index is 13.1. The quantitative estimate of drug-likeness (QED) is 0.343. The monoisotopic (exact) mass is 494 g/mol. The van der Waals surface area contributed by atoms with Crippen molar-refractivity contribution in [2.75, 3.05) is 11.9 Å². The number of carbonyl (C=O) groups is 2. The minimum absolute atomic E-state index is 0.184. The van der Waals surface area contributed by atoms with Gasteiger partial charge in [-0.3, -0.25) is 14.2 Å². The van der Waals surface area contributed by atoms with E-state index in [2.05, 4.69) is 5.32 Å². The third kappa shape index (κ3) is 4.62. The predicted molar refractivity (Wildman–Crippen MR) is 137 cm³/mol. The number of aromatic nitrogens is 1. The Morgan fingerprint density at radius 3 is 2.53 bits per heavy atom. The summed E-state index contributed by atoms with van der Waals surface area (Å²) in [5, 5.41) is 6.48. The molecular weight excluding hydrogens is 472 g/mol. The Morgan fingerprint density at radius 2 is 1.82 bits per heavy atom. The maximum absolute atomic E-state index is 13.1. The second-order valence-corrected chi connectivity index (χ2v) is 9.17. The van der Waals surface area contributed by atoms with Gasteiger partial charge in [0.2, 0.25) is 5.91 Å². The Labute approximate surface area is 205 Å². The average Bonchev–Trinajstić information content (AvgIpc) is 3.21. The van der Waals surface area contributed by atoms with Gasteiger partial charge in [-0.05, 0) is 49.6 Å². The van der Waals surface area contributed by atoms with E-state index in [1.807, 2.05) is 32.0 Å². The Morgan fingerprint density at radius 1 is 1.09 bits per heavy atom. The lowest BCUT2D eigenvalue weighted by Gasteiger charge is -2.14. The molecule has 8 heteroatoms. The summed E-state index contributed by atoms with van der Waals surface area (Å²) in [6.45, 7) is 5.53. The first kappa shape index (κ1) is 23.7. The lowest BCUT2D eigenvalue weighted by molar-refractivity contribution is -0.116. The Kier molecular flexibility index (Phi) is 6.86. The van der Waals surface area contributed by atoms with Crippen molar-refractivity contribution in [2.24, 2.45) is 0 Å². The highest BCUT2D eigenvalue weighted by molar-refractivity contribution is 7.15. The number of pyridine rings is 1. The fourth-order valence-corrected chi connectivity index (χ4v) is 5.05. The van der Waals surface area contributed by atoms with Crippen LogP contribution in [-0.4, -0.2) is 23.1 Å². The lowest BCUT2D eigenvalue weighted by Crippen LogP contribution is -2.28. The molecule has 0 unspecified atom stereocenters. The van der Waals surface area contributed by atoms with Gasteiger partial charge in [0.25, 0.3) is 5.56 Å². The fraction of sp³-hybridized carbons (Fsp3) is 0.192. The van der Waals surface area contributed by atoms with Crippen LogP contribution in [0.5, 0.6) is 0 Å². The van der Waals surface area contributed by atoms with Gasteiger partial charge in [0.05, 0.1) is 12.1 Å². The van der Waals surface area contributed by atoms with E-state index >= 15 is 0 Å². The second kappa shape index (κ2) is 9.83. The van der Waals surface area contributed by atoms with Gasteiger partial charge in [-0.15, -0.1) is 11.3 Å². The number of halogens is 1. The summed E-state index contributed by atoms with van der Waals surface area (Å²) >= 11 is 7.23. The zero-order valence-corrected chi connectivity index (χ0v) is 20.5. The number of anilines is 1. The van der Waals surface area contributed by atoms with Crippen LogP contribution in [0.2, 0.25) is 5.02 Å². The summed E-state index contributed by atoms with van der Waals surface area (Å²) < 4.78 is 6.72. The third-order valence-corrected chi connectivity index (χ3v) is 6.67. The van der Waals surface area contributed by atoms with Crippen molar-refractivity contribution in [1.82, 2.24) is 4.57 Å². The minimum Gasteiger partial charge on any atom is -0.462 e. The number of ether oxygens (including phenoxy) is 1. The zero-order valence-electron chi connectivity index (χ0n) is 19.0. The van der Waals surface area contributed by atoms with Crippen molar-refractivity contribution >= 4 is 50.7 Å². The molecule has 2 aromatic carbocycles. The normalized spacial score (nSPS) is 10.9. The molecule has 174 valence electrons. The van der Waals surface area contributed by atoms with E-state index in [1.165, 1.54) is 22.0 Å². The van der Waals surface area contributed by atoms with Crippen LogP contribution in [0.1, 0.15) is 28.4 Å². The number of rotatable bonds is 6. The summed E-state index contributed by atoms with van der Waals surface area (Å²) in [4.78, 5) is 38.6. The number of hydrogen-bond donors (Lipinski definition) is 1. The second-order valence-electron chi connectivity index (χ2n) is 7.85. The number of carbonyl (C=O) groups excluding carboxylic acids is 2. The summed E-state index contributed by atoms with van der Waals surface area (Å²) in [5.74, 6) is -0.941. The van der Waals surface area contributed by atoms with Gasteiger partial charge in [-0.25, -0.2) is 4.79 Å². The molecule has 1 amide bonds. The molecule has 0 bridgehead atoms. The molecule has 0 aliphatic heterocycles. The molecule has 0 aliphatic carbocycles. The Balaban J connectivity index is 1.70. The molecule has 0 saturated heterocycles. The van der Waals surface area contributed by atoms with Crippen LogP contribution in [0, 0.1) is 13.8 Å². The topological polar surface area (TPSA) is 77.4 Å². The van der Waals surface area contributed by atoms with Gasteiger partial charge < -0.3 is 10.1 Å². The highest BCUT2D eigenvalue weighted by Crippen LogP contribution is 2.36. The number of fused-ring (bicyclic) bond motifs is 1. The average molecular weight is 495 g/mol. The number of hydrogen-bond acceptors (Lipinski definition) is 5. The van der Waals surface area contributed by atoms with Crippen molar-refractivity contribution in [2.45, 2.75) is 27.3 Å². The van der Waals surface area contributed by atoms with E-state index in [0.717, 1.165) is 27.6 Å². The van der Waals surface area contributed by atoms with E-state index in [1.54, 1.807) is 36.6 Å². The molecule has 0 atom stereocenters. The van der Waals surface area contributed by atoms with E-state index < -0.39 is 11.9 Å².